The van der Waals surface area contributed by atoms with Crippen LogP contribution >= 0.6 is 0 Å². The van der Waals surface area contributed by atoms with Gasteiger partial charge in [-0.15, -0.1) is 0 Å². The molecule has 21 heavy (non-hydrogen) atoms. The summed E-state index contributed by atoms with van der Waals surface area (Å²) in [6.45, 7) is 5.99. The maximum absolute atomic E-state index is 5.41. The molecular weight excluding hydrogens is 268 g/mol. The molecule has 0 unspecified atom stereocenters. The highest BCUT2D eigenvalue weighted by atomic mass is 16.5. The third-order valence-corrected chi connectivity index (χ3v) is 3.09. The van der Waals surface area contributed by atoms with E-state index in [0.717, 1.165) is 23.6 Å². The summed E-state index contributed by atoms with van der Waals surface area (Å²) in [4.78, 5) is 0. The van der Waals surface area contributed by atoms with Gasteiger partial charge in [-0.2, -0.15) is 0 Å². The van der Waals surface area contributed by atoms with E-state index in [0.29, 0.717) is 24.0 Å². The van der Waals surface area contributed by atoms with Gasteiger partial charge in [-0.1, -0.05) is 19.0 Å². The lowest BCUT2D eigenvalue weighted by Crippen LogP contribution is -2.18. The largest absolute Gasteiger partial charge is 0.497 e. The molecule has 2 aromatic rings. The molecule has 5 heteroatoms. The quantitative estimate of drug-likeness (QED) is 0.849. The molecule has 1 heterocycles. The SMILES string of the molecule is COc1ccc(-c2cc(CNCC(C)C)no2)c(OC)c1. The van der Waals surface area contributed by atoms with Crippen LogP contribution in [-0.4, -0.2) is 25.9 Å². The molecule has 0 amide bonds. The second-order valence-electron chi connectivity index (χ2n) is 5.27. The molecule has 0 radical (unpaired) electrons. The van der Waals surface area contributed by atoms with Gasteiger partial charge in [0.15, 0.2) is 5.76 Å². The third kappa shape index (κ3) is 3.98. The number of aromatic nitrogens is 1. The van der Waals surface area contributed by atoms with Gasteiger partial charge < -0.3 is 19.3 Å². The van der Waals surface area contributed by atoms with Crippen molar-refractivity contribution in [1.29, 1.82) is 0 Å². The van der Waals surface area contributed by atoms with Gasteiger partial charge in [0.2, 0.25) is 0 Å². The Balaban J connectivity index is 2.13. The van der Waals surface area contributed by atoms with Crippen LogP contribution in [0, 0.1) is 5.92 Å². The molecule has 1 N–H and O–H groups in total. The predicted octanol–water partition coefficient (Wildman–Crippen LogP) is 3.10. The van der Waals surface area contributed by atoms with Gasteiger partial charge in [0.1, 0.15) is 11.5 Å². The molecule has 0 spiro atoms. The number of hydrogen-bond donors (Lipinski definition) is 1. The monoisotopic (exact) mass is 290 g/mol. The van der Waals surface area contributed by atoms with Crippen LogP contribution in [0.15, 0.2) is 28.8 Å². The minimum Gasteiger partial charge on any atom is -0.497 e. The zero-order valence-corrected chi connectivity index (χ0v) is 13.0. The van der Waals surface area contributed by atoms with Gasteiger partial charge in [-0.25, -0.2) is 0 Å². The van der Waals surface area contributed by atoms with Crippen LogP contribution < -0.4 is 14.8 Å². The molecule has 2 rings (SSSR count). The van der Waals surface area contributed by atoms with Crippen LogP contribution in [0.1, 0.15) is 19.5 Å². The van der Waals surface area contributed by atoms with E-state index in [2.05, 4.69) is 24.3 Å². The van der Waals surface area contributed by atoms with Crippen LogP contribution in [0.25, 0.3) is 11.3 Å². The number of methoxy groups -OCH3 is 2. The number of ether oxygens (including phenoxy) is 2. The van der Waals surface area contributed by atoms with Crippen molar-refractivity contribution in [2.75, 3.05) is 20.8 Å². The zero-order valence-electron chi connectivity index (χ0n) is 13.0. The van der Waals surface area contributed by atoms with E-state index in [4.69, 9.17) is 14.0 Å². The first kappa shape index (κ1) is 15.4. The van der Waals surface area contributed by atoms with Crippen molar-refractivity contribution < 1.29 is 14.0 Å². The number of nitrogens with one attached hydrogen (secondary N) is 1. The van der Waals surface area contributed by atoms with E-state index in [9.17, 15) is 0 Å². The summed E-state index contributed by atoms with van der Waals surface area (Å²) in [5.41, 5.74) is 1.74. The van der Waals surface area contributed by atoms with Crippen molar-refractivity contribution >= 4 is 0 Å². The van der Waals surface area contributed by atoms with Crippen molar-refractivity contribution in [3.63, 3.8) is 0 Å². The predicted molar refractivity (Wildman–Crippen MR) is 81.6 cm³/mol. The molecule has 0 bridgehead atoms. The molecule has 1 aromatic heterocycles. The first-order valence-electron chi connectivity index (χ1n) is 7.02. The molecule has 0 saturated carbocycles. The Morgan fingerprint density at radius 1 is 1.19 bits per heavy atom. The second-order valence-corrected chi connectivity index (χ2v) is 5.27. The standard InChI is InChI=1S/C16H22N2O3/c1-11(2)9-17-10-12-7-16(21-18-12)14-6-5-13(19-3)8-15(14)20-4/h5-8,11,17H,9-10H2,1-4H3. The lowest BCUT2D eigenvalue weighted by atomic mass is 10.1. The van der Waals surface area contributed by atoms with Gasteiger partial charge >= 0.3 is 0 Å². The van der Waals surface area contributed by atoms with E-state index >= 15 is 0 Å². The highest BCUT2D eigenvalue weighted by Crippen LogP contribution is 2.33. The fraction of sp³-hybridized carbons (Fsp3) is 0.438. The Labute approximate surface area is 125 Å². The maximum atomic E-state index is 5.41. The molecule has 0 saturated heterocycles. The van der Waals surface area contributed by atoms with Crippen molar-refractivity contribution in [2.45, 2.75) is 20.4 Å². The summed E-state index contributed by atoms with van der Waals surface area (Å²) < 4.78 is 16.0. The minimum absolute atomic E-state index is 0.609. The summed E-state index contributed by atoms with van der Waals surface area (Å²) in [5.74, 6) is 2.75. The molecule has 5 nitrogen and oxygen atoms in total. The summed E-state index contributed by atoms with van der Waals surface area (Å²) >= 11 is 0. The van der Waals surface area contributed by atoms with Crippen molar-refractivity contribution in [2.24, 2.45) is 5.92 Å². The summed E-state index contributed by atoms with van der Waals surface area (Å²) in [7, 11) is 3.25. The van der Waals surface area contributed by atoms with Gasteiger partial charge in [-0.3, -0.25) is 0 Å². The smallest absolute Gasteiger partial charge is 0.170 e. The highest BCUT2D eigenvalue weighted by Gasteiger charge is 2.13. The molecule has 0 aliphatic heterocycles. The Kier molecular flexibility index (Phi) is 5.22. The van der Waals surface area contributed by atoms with E-state index in [1.54, 1.807) is 14.2 Å². The Morgan fingerprint density at radius 2 is 2.00 bits per heavy atom. The van der Waals surface area contributed by atoms with Gasteiger partial charge in [0.25, 0.3) is 0 Å². The number of hydrogen-bond acceptors (Lipinski definition) is 5. The summed E-state index contributed by atoms with van der Waals surface area (Å²) in [6.07, 6.45) is 0. The molecule has 0 fully saturated rings. The molecule has 0 aliphatic rings. The molecule has 0 atom stereocenters. The van der Waals surface area contributed by atoms with Gasteiger partial charge in [-0.05, 0) is 24.6 Å². The zero-order chi connectivity index (χ0) is 15.2. The van der Waals surface area contributed by atoms with Crippen LogP contribution in [0.4, 0.5) is 0 Å². The van der Waals surface area contributed by atoms with Crippen molar-refractivity contribution in [3.8, 4) is 22.8 Å². The number of rotatable bonds is 7. The highest BCUT2D eigenvalue weighted by molar-refractivity contribution is 5.67. The van der Waals surface area contributed by atoms with E-state index in [-0.39, 0.29) is 0 Å². The van der Waals surface area contributed by atoms with Gasteiger partial charge in [0.05, 0.1) is 25.5 Å². The van der Waals surface area contributed by atoms with Crippen LogP contribution in [0.5, 0.6) is 11.5 Å². The Hall–Kier alpha value is -2.01. The lowest BCUT2D eigenvalue weighted by Gasteiger charge is -2.07. The lowest BCUT2D eigenvalue weighted by molar-refractivity contribution is 0.390. The normalized spacial score (nSPS) is 10.9. The summed E-state index contributed by atoms with van der Waals surface area (Å²) in [5, 5.41) is 7.42. The maximum Gasteiger partial charge on any atom is 0.170 e. The fourth-order valence-corrected chi connectivity index (χ4v) is 2.01. The molecule has 0 aliphatic carbocycles. The first-order chi connectivity index (χ1) is 10.1. The average molecular weight is 290 g/mol. The molecule has 1 aromatic carbocycles. The van der Waals surface area contributed by atoms with Gasteiger partial charge in [0, 0.05) is 18.7 Å². The first-order valence-corrected chi connectivity index (χ1v) is 7.02. The average Bonchev–Trinajstić information content (AvgIpc) is 2.94. The summed E-state index contributed by atoms with van der Waals surface area (Å²) in [6, 6.07) is 7.53. The Bertz CT molecular complexity index is 579. The van der Waals surface area contributed by atoms with E-state index in [1.807, 2.05) is 24.3 Å². The van der Waals surface area contributed by atoms with Crippen LogP contribution in [0.3, 0.4) is 0 Å². The molecular formula is C16H22N2O3. The van der Waals surface area contributed by atoms with Crippen LogP contribution in [0.2, 0.25) is 0 Å². The van der Waals surface area contributed by atoms with Crippen LogP contribution in [-0.2, 0) is 6.54 Å². The van der Waals surface area contributed by atoms with E-state index in [1.165, 1.54) is 0 Å². The van der Waals surface area contributed by atoms with Crippen molar-refractivity contribution in [1.82, 2.24) is 10.5 Å². The van der Waals surface area contributed by atoms with E-state index < -0.39 is 0 Å². The number of benzene rings is 1. The third-order valence-electron chi connectivity index (χ3n) is 3.09. The fourth-order valence-electron chi connectivity index (χ4n) is 2.01. The minimum atomic E-state index is 0.609. The second kappa shape index (κ2) is 7.13. The Morgan fingerprint density at radius 3 is 2.67 bits per heavy atom. The topological polar surface area (TPSA) is 56.5 Å². The number of nitrogens with zero attached hydrogens (tertiary/aromatic N) is 1. The van der Waals surface area contributed by atoms with Crippen molar-refractivity contribution in [3.05, 3.63) is 30.0 Å². The molecule has 114 valence electrons.